The second kappa shape index (κ2) is 13.9. The summed E-state index contributed by atoms with van der Waals surface area (Å²) in [6, 6.07) is 17.1. The zero-order valence-corrected chi connectivity index (χ0v) is 25.1. The molecule has 1 heterocycles. The Labute approximate surface area is 252 Å². The topological polar surface area (TPSA) is 108 Å². The molecule has 1 saturated heterocycles. The van der Waals surface area contributed by atoms with Crippen molar-refractivity contribution < 1.29 is 33.7 Å². The molecule has 1 unspecified atom stereocenters. The molecule has 4 rings (SSSR count). The fourth-order valence-electron chi connectivity index (χ4n) is 5.19. The lowest BCUT2D eigenvalue weighted by atomic mass is 9.80. The van der Waals surface area contributed by atoms with Gasteiger partial charge < -0.3 is 29.9 Å². The minimum Gasteiger partial charge on any atom is -0.481 e. The number of hydrogen-bond acceptors (Lipinski definition) is 5. The molecule has 8 nitrogen and oxygen atoms in total. The number of carbonyl (C=O) groups is 2. The summed E-state index contributed by atoms with van der Waals surface area (Å²) in [5, 5.41) is 23.5. The average molecular weight is 593 g/mol. The first-order chi connectivity index (χ1) is 20.5. The van der Waals surface area contributed by atoms with E-state index in [0.717, 1.165) is 25.7 Å². The van der Waals surface area contributed by atoms with Crippen molar-refractivity contribution in [1.29, 1.82) is 0 Å². The number of likely N-dealkylation sites (tertiary alicyclic amines) is 1. The quantitative estimate of drug-likeness (QED) is 0.183. The highest BCUT2D eigenvalue weighted by atomic mass is 19.1. The number of carboxylic acid groups (broad SMARTS) is 1. The third kappa shape index (κ3) is 8.26. The summed E-state index contributed by atoms with van der Waals surface area (Å²) in [7, 11) is 0. The summed E-state index contributed by atoms with van der Waals surface area (Å²) in [6.07, 6.45) is 5.38. The number of nitrogens with one attached hydrogen (secondary N) is 1. The predicted octanol–water partition coefficient (Wildman–Crippen LogP) is 8.10. The lowest BCUT2D eigenvalue weighted by Crippen LogP contribution is -2.48. The Morgan fingerprint density at radius 1 is 0.907 bits per heavy atom. The van der Waals surface area contributed by atoms with Gasteiger partial charge in [-0.15, -0.1) is 0 Å². The SMILES string of the molecule is CCCCCC1(O)CCN(C(=O)Nc2cc(Oc3ccc(F)cc3)cc(Oc3ccc(C(C)(CC)C(=O)O)cc3)c2)CC1. The Kier molecular flexibility index (Phi) is 10.3. The molecule has 1 aliphatic heterocycles. The maximum Gasteiger partial charge on any atom is 0.321 e. The minimum absolute atomic E-state index is 0.294. The van der Waals surface area contributed by atoms with E-state index in [1.54, 1.807) is 54.3 Å². The molecule has 0 bridgehead atoms. The van der Waals surface area contributed by atoms with Gasteiger partial charge in [0.2, 0.25) is 0 Å². The largest absolute Gasteiger partial charge is 0.481 e. The summed E-state index contributed by atoms with van der Waals surface area (Å²) in [6.45, 7) is 6.54. The van der Waals surface area contributed by atoms with Crippen LogP contribution >= 0.6 is 0 Å². The molecular formula is C34H41FN2O6. The summed E-state index contributed by atoms with van der Waals surface area (Å²) in [4.78, 5) is 26.7. The number of aliphatic carboxylic acids is 1. The van der Waals surface area contributed by atoms with Crippen molar-refractivity contribution in [2.24, 2.45) is 0 Å². The van der Waals surface area contributed by atoms with Gasteiger partial charge in [0.1, 0.15) is 28.8 Å². The van der Waals surface area contributed by atoms with Crippen molar-refractivity contribution in [3.63, 3.8) is 0 Å². The molecule has 3 aromatic rings. The van der Waals surface area contributed by atoms with Crippen LogP contribution in [0.4, 0.5) is 14.9 Å². The molecule has 3 N–H and O–H groups in total. The number of nitrogens with zero attached hydrogens (tertiary/aromatic N) is 1. The van der Waals surface area contributed by atoms with Crippen LogP contribution in [0.2, 0.25) is 0 Å². The van der Waals surface area contributed by atoms with Gasteiger partial charge in [-0.1, -0.05) is 45.2 Å². The second-order valence-corrected chi connectivity index (χ2v) is 11.5. The van der Waals surface area contributed by atoms with Gasteiger partial charge >= 0.3 is 12.0 Å². The van der Waals surface area contributed by atoms with Crippen LogP contribution in [0.1, 0.15) is 71.3 Å². The van der Waals surface area contributed by atoms with Crippen LogP contribution in [0.25, 0.3) is 0 Å². The summed E-state index contributed by atoms with van der Waals surface area (Å²) in [5.74, 6) is 0.340. The van der Waals surface area contributed by atoms with Gasteiger partial charge in [-0.2, -0.15) is 0 Å². The molecule has 43 heavy (non-hydrogen) atoms. The standard InChI is InChI=1S/C34H41FN2O6/c1-4-6-7-16-34(41)17-19-37(20-18-34)32(40)36-26-21-29(23-30(22-26)43-28-14-10-25(35)11-15-28)42-27-12-8-24(9-13-27)33(3,5-2)31(38)39/h8-15,21-23,41H,4-7,16-20H2,1-3H3,(H,36,40)(H,38,39). The number of ether oxygens (including phenoxy) is 2. The van der Waals surface area contributed by atoms with E-state index in [9.17, 15) is 24.2 Å². The van der Waals surface area contributed by atoms with E-state index in [4.69, 9.17) is 9.47 Å². The van der Waals surface area contributed by atoms with E-state index in [1.807, 2.05) is 6.92 Å². The highest BCUT2D eigenvalue weighted by Gasteiger charge is 2.34. The van der Waals surface area contributed by atoms with Gasteiger partial charge in [0.15, 0.2) is 0 Å². The van der Waals surface area contributed by atoms with Crippen molar-refractivity contribution >= 4 is 17.7 Å². The number of anilines is 1. The molecule has 2 amide bonds. The first-order valence-corrected chi connectivity index (χ1v) is 14.9. The predicted molar refractivity (Wildman–Crippen MR) is 164 cm³/mol. The number of benzene rings is 3. The van der Waals surface area contributed by atoms with Crippen LogP contribution in [0.15, 0.2) is 66.7 Å². The van der Waals surface area contributed by atoms with Crippen molar-refractivity contribution in [3.8, 4) is 23.0 Å². The number of carboxylic acids is 1. The fourth-order valence-corrected chi connectivity index (χ4v) is 5.19. The molecular weight excluding hydrogens is 551 g/mol. The Morgan fingerprint density at radius 2 is 1.47 bits per heavy atom. The van der Waals surface area contributed by atoms with Crippen LogP contribution in [-0.2, 0) is 10.2 Å². The smallest absolute Gasteiger partial charge is 0.321 e. The van der Waals surface area contributed by atoms with Gasteiger partial charge in [0, 0.05) is 37.0 Å². The number of amides is 2. The summed E-state index contributed by atoms with van der Waals surface area (Å²) in [5.41, 5.74) is -0.650. The first-order valence-electron chi connectivity index (χ1n) is 14.9. The van der Waals surface area contributed by atoms with Gasteiger partial charge in [-0.25, -0.2) is 9.18 Å². The minimum atomic E-state index is -1.02. The number of aliphatic hydroxyl groups is 1. The highest BCUT2D eigenvalue weighted by Crippen LogP contribution is 2.35. The van der Waals surface area contributed by atoms with Crippen molar-refractivity contribution in [2.45, 2.75) is 76.7 Å². The van der Waals surface area contributed by atoms with Crippen molar-refractivity contribution in [1.82, 2.24) is 4.90 Å². The van der Waals surface area contributed by atoms with Crippen molar-refractivity contribution in [3.05, 3.63) is 78.1 Å². The van der Waals surface area contributed by atoms with Gasteiger partial charge in [-0.3, -0.25) is 4.79 Å². The molecule has 0 radical (unpaired) electrons. The molecule has 1 fully saturated rings. The number of piperidine rings is 1. The number of urea groups is 1. The van der Waals surface area contributed by atoms with Gasteiger partial charge in [0.05, 0.1) is 11.0 Å². The lowest BCUT2D eigenvalue weighted by molar-refractivity contribution is -0.143. The number of unbranched alkanes of at least 4 members (excludes halogenated alkanes) is 2. The summed E-state index contributed by atoms with van der Waals surface area (Å²) < 4.78 is 25.5. The van der Waals surface area contributed by atoms with Crippen LogP contribution in [0.3, 0.4) is 0 Å². The van der Waals surface area contributed by atoms with E-state index < -0.39 is 17.0 Å². The van der Waals surface area contributed by atoms with E-state index in [0.29, 0.717) is 66.6 Å². The Hall–Kier alpha value is -4.11. The fraction of sp³-hybridized carbons (Fsp3) is 0.412. The molecule has 9 heteroatoms. The molecule has 3 aromatic carbocycles. The maximum atomic E-state index is 13.4. The normalized spacial score (nSPS) is 15.8. The van der Waals surface area contributed by atoms with Gasteiger partial charge in [-0.05, 0) is 74.6 Å². The monoisotopic (exact) mass is 592 g/mol. The number of rotatable bonds is 12. The molecule has 0 spiro atoms. The Balaban J connectivity index is 1.51. The van der Waals surface area contributed by atoms with Crippen LogP contribution in [0, 0.1) is 5.82 Å². The van der Waals surface area contributed by atoms with E-state index >= 15 is 0 Å². The number of hydrogen-bond donors (Lipinski definition) is 3. The molecule has 230 valence electrons. The molecule has 1 aliphatic rings. The van der Waals surface area contributed by atoms with Crippen molar-refractivity contribution in [2.75, 3.05) is 18.4 Å². The average Bonchev–Trinajstić information content (AvgIpc) is 2.98. The molecule has 0 aromatic heterocycles. The van der Waals surface area contributed by atoms with Crippen LogP contribution in [-0.4, -0.2) is 45.8 Å². The third-order valence-electron chi connectivity index (χ3n) is 8.31. The maximum absolute atomic E-state index is 13.4. The van der Waals surface area contributed by atoms with Gasteiger partial charge in [0.25, 0.3) is 0 Å². The van der Waals surface area contributed by atoms with E-state index in [1.165, 1.54) is 24.3 Å². The third-order valence-corrected chi connectivity index (χ3v) is 8.31. The zero-order chi connectivity index (χ0) is 31.0. The van der Waals surface area contributed by atoms with E-state index in [2.05, 4.69) is 12.2 Å². The number of carbonyl (C=O) groups excluding carboxylic acids is 1. The lowest BCUT2D eigenvalue weighted by Gasteiger charge is -2.38. The highest BCUT2D eigenvalue weighted by molar-refractivity contribution is 5.90. The molecule has 0 saturated carbocycles. The number of halogens is 1. The first kappa shape index (κ1) is 31.8. The summed E-state index contributed by atoms with van der Waals surface area (Å²) >= 11 is 0. The molecule has 0 aliphatic carbocycles. The Morgan fingerprint density at radius 3 is 1.98 bits per heavy atom. The van der Waals surface area contributed by atoms with E-state index in [-0.39, 0.29) is 11.8 Å². The van der Waals surface area contributed by atoms with Crippen LogP contribution in [0.5, 0.6) is 23.0 Å². The molecule has 1 atom stereocenters. The zero-order valence-electron chi connectivity index (χ0n) is 25.1. The second-order valence-electron chi connectivity index (χ2n) is 11.5. The van der Waals surface area contributed by atoms with Crippen LogP contribution < -0.4 is 14.8 Å². The Bertz CT molecular complexity index is 1390.